The number of benzene rings is 9. The Morgan fingerprint density at radius 2 is 1.11 bits per heavy atom. The van der Waals surface area contributed by atoms with Crippen molar-refractivity contribution in [1.82, 2.24) is 14.5 Å². The Hall–Kier alpha value is -7.08. The van der Waals surface area contributed by atoms with Crippen molar-refractivity contribution in [2.75, 3.05) is 0 Å². The molecule has 0 unspecified atom stereocenters. The summed E-state index contributed by atoms with van der Waals surface area (Å²) in [6.07, 6.45) is 0. The molecule has 0 atom stereocenters. The van der Waals surface area contributed by atoms with Crippen LogP contribution >= 0.6 is 11.3 Å². The Morgan fingerprint density at radius 3 is 1.87 bits per heavy atom. The average molecular weight is 718 g/mol. The van der Waals surface area contributed by atoms with Crippen LogP contribution in [0, 0.1) is 0 Å². The summed E-state index contributed by atoms with van der Waals surface area (Å²) in [4.78, 5) is 10.6. The molecule has 0 aliphatic heterocycles. The van der Waals surface area contributed by atoms with Crippen molar-refractivity contribution in [3.8, 4) is 28.3 Å². The third kappa shape index (κ3) is 4.00. The van der Waals surface area contributed by atoms with E-state index in [2.05, 4.69) is 150 Å². The zero-order chi connectivity index (χ0) is 35.8. The molecule has 0 N–H and O–H groups in total. The monoisotopic (exact) mass is 717 g/mol. The minimum absolute atomic E-state index is 0.695. The van der Waals surface area contributed by atoms with Gasteiger partial charge in [0.05, 0.1) is 27.9 Å². The summed E-state index contributed by atoms with van der Waals surface area (Å²) in [5.41, 5.74) is 9.07. The Kier molecular flexibility index (Phi) is 5.74. The van der Waals surface area contributed by atoms with Gasteiger partial charge >= 0.3 is 0 Å². The second-order valence-corrected chi connectivity index (χ2v) is 15.5. The van der Waals surface area contributed by atoms with Crippen molar-refractivity contribution >= 4 is 108 Å². The van der Waals surface area contributed by atoms with E-state index >= 15 is 0 Å². The maximum Gasteiger partial charge on any atom is 0.161 e. The lowest BCUT2D eigenvalue weighted by Gasteiger charge is -2.16. The van der Waals surface area contributed by atoms with E-state index in [1.54, 1.807) is 0 Å². The fourth-order valence-corrected chi connectivity index (χ4v) is 10.4. The Labute approximate surface area is 317 Å². The molecular weight excluding hydrogens is 691 g/mol. The van der Waals surface area contributed by atoms with Crippen LogP contribution in [0.15, 0.2) is 168 Å². The van der Waals surface area contributed by atoms with Gasteiger partial charge in [0.15, 0.2) is 5.82 Å². The number of hydrogen-bond donors (Lipinski definition) is 0. The van der Waals surface area contributed by atoms with Gasteiger partial charge in [-0.2, -0.15) is 0 Å². The molecule has 13 rings (SSSR count). The highest BCUT2D eigenvalue weighted by Gasteiger charge is 2.23. The van der Waals surface area contributed by atoms with Crippen LogP contribution in [0.4, 0.5) is 0 Å². The van der Waals surface area contributed by atoms with E-state index in [9.17, 15) is 0 Å². The van der Waals surface area contributed by atoms with Crippen LogP contribution in [0.5, 0.6) is 0 Å². The highest BCUT2D eigenvalue weighted by molar-refractivity contribution is 7.24. The van der Waals surface area contributed by atoms with Crippen LogP contribution in [0.1, 0.15) is 0 Å². The molecule has 13 aromatic rings. The number of aromatic nitrogens is 3. The summed E-state index contributed by atoms with van der Waals surface area (Å²) in [6.45, 7) is 0. The number of hydrogen-bond acceptors (Lipinski definition) is 4. The van der Waals surface area contributed by atoms with Crippen LogP contribution in [-0.4, -0.2) is 14.5 Å². The normalized spacial score (nSPS) is 12.4. The lowest BCUT2D eigenvalue weighted by atomic mass is 10.00. The molecule has 0 saturated carbocycles. The third-order valence-corrected chi connectivity index (χ3v) is 12.7. The molecule has 0 bridgehead atoms. The largest absolute Gasteiger partial charge is 0.456 e. The van der Waals surface area contributed by atoms with Crippen molar-refractivity contribution in [2.24, 2.45) is 0 Å². The van der Waals surface area contributed by atoms with E-state index in [0.29, 0.717) is 5.82 Å². The van der Waals surface area contributed by atoms with E-state index in [0.717, 1.165) is 66.1 Å². The fraction of sp³-hybridized carbons (Fsp3) is 0. The van der Waals surface area contributed by atoms with Crippen molar-refractivity contribution in [3.63, 3.8) is 0 Å². The smallest absolute Gasteiger partial charge is 0.161 e. The molecule has 5 heteroatoms. The molecule has 0 radical (unpaired) electrons. The van der Waals surface area contributed by atoms with E-state index in [4.69, 9.17) is 14.4 Å². The van der Waals surface area contributed by atoms with Crippen molar-refractivity contribution < 1.29 is 4.42 Å². The molecule has 55 heavy (non-hydrogen) atoms. The number of para-hydroxylation sites is 2. The first-order chi connectivity index (χ1) is 27.3. The summed E-state index contributed by atoms with van der Waals surface area (Å²) in [5, 5.41) is 13.3. The number of rotatable bonds is 3. The molecule has 0 fully saturated rings. The van der Waals surface area contributed by atoms with Gasteiger partial charge < -0.3 is 8.98 Å². The molecule has 0 aliphatic rings. The summed E-state index contributed by atoms with van der Waals surface area (Å²) in [6, 6.07) is 58.7. The maximum absolute atomic E-state index is 6.32. The van der Waals surface area contributed by atoms with Gasteiger partial charge in [0.25, 0.3) is 0 Å². The van der Waals surface area contributed by atoms with Gasteiger partial charge in [-0.05, 0) is 76.8 Å². The number of nitrogens with zero attached hydrogens (tertiary/aromatic N) is 3. The highest BCUT2D eigenvalue weighted by atomic mass is 32.1. The summed E-state index contributed by atoms with van der Waals surface area (Å²) >= 11 is 1.89. The van der Waals surface area contributed by atoms with Crippen molar-refractivity contribution in [2.45, 2.75) is 0 Å². The van der Waals surface area contributed by atoms with Crippen LogP contribution < -0.4 is 0 Å². The first-order valence-corrected chi connectivity index (χ1v) is 19.4. The van der Waals surface area contributed by atoms with Crippen LogP contribution in [-0.2, 0) is 0 Å². The molecule has 4 aromatic heterocycles. The molecule has 0 saturated heterocycles. The summed E-state index contributed by atoms with van der Waals surface area (Å²) in [5.74, 6) is 0.695. The molecule has 9 aromatic carbocycles. The van der Waals surface area contributed by atoms with E-state index < -0.39 is 0 Å². The van der Waals surface area contributed by atoms with Gasteiger partial charge in [-0.3, -0.25) is 0 Å². The minimum atomic E-state index is 0.695. The number of fused-ring (bicyclic) bond motifs is 5. The van der Waals surface area contributed by atoms with Gasteiger partial charge in [-0.1, -0.05) is 103 Å². The SMILES string of the molecule is c1ccc2c(-c3ccc4c(c3)oc3ccccc34)nc(-c3ccc(-n4c5ccc6cccc7sc8cccc9ccc4c(c98)c5c67)c4ccccc34)nc2c1. The zero-order valence-corrected chi connectivity index (χ0v) is 30.1. The molecule has 0 aliphatic carbocycles. The van der Waals surface area contributed by atoms with Gasteiger partial charge in [0.1, 0.15) is 11.2 Å². The Morgan fingerprint density at radius 1 is 0.455 bits per heavy atom. The quantitative estimate of drug-likeness (QED) is 0.183. The van der Waals surface area contributed by atoms with Crippen LogP contribution in [0.3, 0.4) is 0 Å². The zero-order valence-electron chi connectivity index (χ0n) is 29.2. The topological polar surface area (TPSA) is 43.9 Å². The summed E-state index contributed by atoms with van der Waals surface area (Å²) < 4.78 is 11.4. The first kappa shape index (κ1) is 29.4. The van der Waals surface area contributed by atoms with Gasteiger partial charge in [-0.25, -0.2) is 9.97 Å². The molecule has 0 amide bonds. The third-order valence-electron chi connectivity index (χ3n) is 11.6. The van der Waals surface area contributed by atoms with E-state index in [-0.39, 0.29) is 0 Å². The standard InChI is InChI=1S/C50H27N3OS/c1-2-12-32-31(11-1)35(50-51-37-15-5-3-14-36(37)49(52-50)30-19-22-34-33-13-4-6-16-41(33)54-42(34)27-30)23-26-38(32)53-39-24-20-28-9-7-17-43-45(28)47(39)48-40(53)25-21-29-10-8-18-44(55-43)46(29)48/h1-27H. The molecule has 4 nitrogen and oxygen atoms in total. The van der Waals surface area contributed by atoms with E-state index in [1.807, 2.05) is 29.5 Å². The lowest BCUT2D eigenvalue weighted by Crippen LogP contribution is -1.99. The Balaban J connectivity index is 1.08. The van der Waals surface area contributed by atoms with Crippen molar-refractivity contribution in [3.05, 3.63) is 164 Å². The predicted octanol–water partition coefficient (Wildman–Crippen LogP) is 14.1. The maximum atomic E-state index is 6.32. The predicted molar refractivity (Wildman–Crippen MR) is 231 cm³/mol. The van der Waals surface area contributed by atoms with Gasteiger partial charge in [0, 0.05) is 63.6 Å². The molecule has 4 heterocycles. The fourth-order valence-electron chi connectivity index (χ4n) is 9.19. The second-order valence-electron chi connectivity index (χ2n) is 14.5. The lowest BCUT2D eigenvalue weighted by molar-refractivity contribution is 0.669. The highest BCUT2D eigenvalue weighted by Crippen LogP contribution is 2.47. The Bertz CT molecular complexity index is 3630. The van der Waals surface area contributed by atoms with Crippen LogP contribution in [0.25, 0.3) is 125 Å². The molecular formula is C50H27N3OS. The van der Waals surface area contributed by atoms with Gasteiger partial charge in [-0.15, -0.1) is 11.3 Å². The van der Waals surface area contributed by atoms with Crippen molar-refractivity contribution in [1.29, 1.82) is 0 Å². The second kappa shape index (κ2) is 10.8. The van der Waals surface area contributed by atoms with E-state index in [1.165, 1.54) is 52.8 Å². The molecule has 254 valence electrons. The van der Waals surface area contributed by atoms with Gasteiger partial charge in [0.2, 0.25) is 0 Å². The minimum Gasteiger partial charge on any atom is -0.456 e. The molecule has 0 spiro atoms. The first-order valence-electron chi connectivity index (χ1n) is 18.6. The summed E-state index contributed by atoms with van der Waals surface area (Å²) in [7, 11) is 0. The average Bonchev–Trinajstić information content (AvgIpc) is 3.73. The number of furan rings is 1. The van der Waals surface area contributed by atoms with Crippen LogP contribution in [0.2, 0.25) is 0 Å².